The van der Waals surface area contributed by atoms with Gasteiger partial charge < -0.3 is 9.38 Å². The van der Waals surface area contributed by atoms with Crippen LogP contribution in [0.1, 0.15) is 0 Å². The summed E-state index contributed by atoms with van der Waals surface area (Å²) in [5, 5.41) is 0. The average Bonchev–Trinajstić information content (AvgIpc) is 2.97. The Morgan fingerprint density at radius 3 is 2.74 bits per heavy atom. The van der Waals surface area contributed by atoms with Crippen LogP contribution in [0.2, 0.25) is 0 Å². The standard InChI is InChI=1S/C15H9N3.Y/c1-2-6-11(7-3-1)13-10-18-14-9-5-4-8-12(14)16-15(18)17-13;/h1-6,8-9H,(H,16,17);/q-2;. The molecule has 0 aliphatic rings. The van der Waals surface area contributed by atoms with E-state index in [1.54, 1.807) is 0 Å². The maximum absolute atomic E-state index is 4.52. The zero-order valence-electron chi connectivity index (χ0n) is 10.1. The van der Waals surface area contributed by atoms with Crippen LogP contribution in [-0.2, 0) is 32.7 Å². The van der Waals surface area contributed by atoms with Crippen molar-refractivity contribution < 1.29 is 32.7 Å². The van der Waals surface area contributed by atoms with E-state index in [4.69, 9.17) is 0 Å². The molecule has 0 bridgehead atoms. The third-order valence-electron chi connectivity index (χ3n) is 3.00. The number of nitrogens with one attached hydrogen (secondary N) is 1. The largest absolute Gasteiger partial charge is 0.420 e. The van der Waals surface area contributed by atoms with Crippen molar-refractivity contribution in [1.29, 1.82) is 0 Å². The van der Waals surface area contributed by atoms with Gasteiger partial charge in [-0.1, -0.05) is 24.4 Å². The monoisotopic (exact) mass is 320 g/mol. The van der Waals surface area contributed by atoms with Crippen LogP contribution in [0, 0.1) is 12.3 Å². The predicted molar refractivity (Wildman–Crippen MR) is 70.2 cm³/mol. The summed E-state index contributed by atoms with van der Waals surface area (Å²) in [6.45, 7) is 0. The molecule has 0 fully saturated rings. The molecule has 0 spiro atoms. The Morgan fingerprint density at radius 2 is 1.89 bits per heavy atom. The number of aromatic nitrogens is 3. The van der Waals surface area contributed by atoms with Crippen LogP contribution in [-0.4, -0.2) is 14.4 Å². The van der Waals surface area contributed by atoms with Crippen molar-refractivity contribution in [1.82, 2.24) is 14.4 Å². The van der Waals surface area contributed by atoms with E-state index in [-0.39, 0.29) is 32.7 Å². The molecular weight excluding hydrogens is 311 g/mol. The fourth-order valence-electron chi connectivity index (χ4n) is 2.15. The maximum Gasteiger partial charge on any atom is 0.117 e. The number of rotatable bonds is 1. The van der Waals surface area contributed by atoms with Gasteiger partial charge in [-0.3, -0.25) is 4.98 Å². The van der Waals surface area contributed by atoms with Crippen LogP contribution < -0.4 is 0 Å². The molecular formula is C15H9N3Y-2. The number of imidazole rings is 2. The molecule has 0 saturated heterocycles. The van der Waals surface area contributed by atoms with Crippen LogP contribution in [0.5, 0.6) is 0 Å². The number of H-pyrrole nitrogens is 1. The first-order valence-electron chi connectivity index (χ1n) is 5.77. The van der Waals surface area contributed by atoms with Crippen molar-refractivity contribution in [2.45, 2.75) is 0 Å². The summed E-state index contributed by atoms with van der Waals surface area (Å²) < 4.78 is 1.95. The Labute approximate surface area is 135 Å². The maximum atomic E-state index is 4.52. The van der Waals surface area contributed by atoms with Gasteiger partial charge in [0.1, 0.15) is 5.78 Å². The Morgan fingerprint density at radius 1 is 1.05 bits per heavy atom. The first-order valence-corrected chi connectivity index (χ1v) is 5.77. The van der Waals surface area contributed by atoms with Gasteiger partial charge in [-0.2, -0.15) is 24.3 Å². The topological polar surface area (TPSA) is 33.1 Å². The third-order valence-corrected chi connectivity index (χ3v) is 3.00. The molecule has 4 aromatic rings. The predicted octanol–water partition coefficient (Wildman–Crippen LogP) is 3.08. The Bertz CT molecular complexity index is 830. The number of hydrogen-bond donors (Lipinski definition) is 1. The second-order valence-electron chi connectivity index (χ2n) is 4.15. The molecule has 0 atom stereocenters. The summed E-state index contributed by atoms with van der Waals surface area (Å²) in [5.41, 5.74) is 3.94. The number of para-hydroxylation sites is 2. The Kier molecular flexibility index (Phi) is 3.25. The van der Waals surface area contributed by atoms with Gasteiger partial charge in [0.2, 0.25) is 0 Å². The number of hydrogen-bond acceptors (Lipinski definition) is 1. The third kappa shape index (κ3) is 2.03. The molecule has 19 heavy (non-hydrogen) atoms. The summed E-state index contributed by atoms with van der Waals surface area (Å²) in [7, 11) is 0. The number of nitrogens with zero attached hydrogens (tertiary/aromatic N) is 2. The van der Waals surface area contributed by atoms with Crippen LogP contribution in [0.3, 0.4) is 0 Å². The van der Waals surface area contributed by atoms with E-state index in [0.29, 0.717) is 0 Å². The van der Waals surface area contributed by atoms with E-state index >= 15 is 0 Å². The first kappa shape index (κ1) is 12.6. The van der Waals surface area contributed by atoms with Crippen molar-refractivity contribution in [3.05, 3.63) is 60.8 Å². The van der Waals surface area contributed by atoms with Crippen molar-refractivity contribution in [3.63, 3.8) is 0 Å². The molecule has 2 aromatic heterocycles. The molecule has 0 amide bonds. The van der Waals surface area contributed by atoms with Gasteiger partial charge >= 0.3 is 0 Å². The fraction of sp³-hybridized carbons (Fsp3) is 0. The number of benzene rings is 2. The molecule has 89 valence electrons. The molecule has 1 N–H and O–H groups in total. The summed E-state index contributed by atoms with van der Waals surface area (Å²) in [4.78, 5) is 7.79. The van der Waals surface area contributed by atoms with Crippen LogP contribution in [0.4, 0.5) is 0 Å². The van der Waals surface area contributed by atoms with E-state index in [9.17, 15) is 0 Å². The summed E-state index contributed by atoms with van der Waals surface area (Å²) in [6, 6.07) is 19.0. The van der Waals surface area contributed by atoms with Crippen molar-refractivity contribution in [2.75, 3.05) is 0 Å². The molecule has 2 aromatic carbocycles. The Balaban J connectivity index is 0.00000110. The molecule has 2 heterocycles. The van der Waals surface area contributed by atoms with Gasteiger partial charge in [-0.25, -0.2) is 5.56 Å². The number of aromatic amines is 1. The molecule has 0 aliphatic heterocycles. The van der Waals surface area contributed by atoms with Crippen LogP contribution in [0.15, 0.2) is 48.5 Å². The first-order chi connectivity index (χ1) is 8.92. The molecule has 0 aliphatic carbocycles. The van der Waals surface area contributed by atoms with Gasteiger partial charge in [-0.05, 0) is 11.6 Å². The summed E-state index contributed by atoms with van der Waals surface area (Å²) in [6.07, 6.45) is 3.30. The molecule has 3 nitrogen and oxygen atoms in total. The molecule has 0 saturated carbocycles. The molecule has 0 unspecified atom stereocenters. The fourth-order valence-corrected chi connectivity index (χ4v) is 2.15. The van der Waals surface area contributed by atoms with E-state index < -0.39 is 0 Å². The average molecular weight is 320 g/mol. The minimum absolute atomic E-state index is 0. The summed E-state index contributed by atoms with van der Waals surface area (Å²) in [5.74, 6) is 0.809. The number of fused-ring (bicyclic) bond motifs is 3. The second kappa shape index (κ2) is 4.91. The zero-order valence-corrected chi connectivity index (χ0v) is 12.9. The minimum Gasteiger partial charge on any atom is -0.420 e. The molecule has 4 heteroatoms. The quantitative estimate of drug-likeness (QED) is 0.537. The van der Waals surface area contributed by atoms with E-state index in [2.05, 4.69) is 22.2 Å². The van der Waals surface area contributed by atoms with E-state index in [1.165, 1.54) is 0 Å². The van der Waals surface area contributed by atoms with Crippen LogP contribution >= 0.6 is 0 Å². The van der Waals surface area contributed by atoms with E-state index in [1.807, 2.05) is 52.9 Å². The van der Waals surface area contributed by atoms with E-state index in [0.717, 1.165) is 28.1 Å². The van der Waals surface area contributed by atoms with Gasteiger partial charge in [0.15, 0.2) is 0 Å². The van der Waals surface area contributed by atoms with Gasteiger partial charge in [-0.15, -0.1) is 11.8 Å². The minimum atomic E-state index is 0. The van der Waals surface area contributed by atoms with Crippen LogP contribution in [0.25, 0.3) is 28.1 Å². The van der Waals surface area contributed by atoms with Crippen molar-refractivity contribution >= 4 is 16.8 Å². The van der Waals surface area contributed by atoms with Gasteiger partial charge in [0.25, 0.3) is 0 Å². The Hall–Kier alpha value is -1.45. The summed E-state index contributed by atoms with van der Waals surface area (Å²) >= 11 is 0. The van der Waals surface area contributed by atoms with Crippen molar-refractivity contribution in [3.8, 4) is 11.3 Å². The normalized spacial score (nSPS) is 10.7. The van der Waals surface area contributed by atoms with Gasteiger partial charge in [0.05, 0.1) is 0 Å². The zero-order chi connectivity index (χ0) is 11.9. The van der Waals surface area contributed by atoms with Crippen molar-refractivity contribution in [2.24, 2.45) is 0 Å². The SMILES string of the molecule is [Y].[c-]1ccccc1-c1[c-]n2c(nc3ccccc32)[nH]1. The van der Waals surface area contributed by atoms with Gasteiger partial charge in [0, 0.05) is 38.2 Å². The molecule has 4 rings (SSSR count). The second-order valence-corrected chi connectivity index (χ2v) is 4.15. The molecule has 1 radical (unpaired) electrons. The smallest absolute Gasteiger partial charge is 0.117 e.